The highest BCUT2D eigenvalue weighted by molar-refractivity contribution is 5.66. The molecule has 6 heteroatoms. The smallest absolute Gasteiger partial charge is 0.117 e. The van der Waals surface area contributed by atoms with E-state index in [1.165, 1.54) is 5.56 Å². The van der Waals surface area contributed by atoms with E-state index in [0.29, 0.717) is 0 Å². The van der Waals surface area contributed by atoms with Gasteiger partial charge in [0.05, 0.1) is 24.4 Å². The number of likely N-dealkylation sites (N-methyl/N-ethyl adjacent to an activating group) is 1. The van der Waals surface area contributed by atoms with Gasteiger partial charge in [-0.3, -0.25) is 9.80 Å². The molecule has 0 radical (unpaired) electrons. The molecule has 0 bridgehead atoms. The molecular formula is C22H23N5O. The van der Waals surface area contributed by atoms with Crippen LogP contribution in [0.2, 0.25) is 0 Å². The number of hydrogen-bond acceptors (Lipinski definition) is 5. The van der Waals surface area contributed by atoms with Crippen LogP contribution >= 0.6 is 0 Å². The number of rotatable bonds is 4. The lowest BCUT2D eigenvalue weighted by Gasteiger charge is -2.38. The van der Waals surface area contributed by atoms with Gasteiger partial charge in [-0.1, -0.05) is 41.6 Å². The summed E-state index contributed by atoms with van der Waals surface area (Å²) in [6.07, 6.45) is 3.80. The number of nitrogens with zero attached hydrogens (tertiary/aromatic N) is 5. The second-order valence-electron chi connectivity index (χ2n) is 7.40. The quantitative estimate of drug-likeness (QED) is 0.548. The Morgan fingerprint density at radius 1 is 1.00 bits per heavy atom. The Balaban J connectivity index is 1.43. The third-order valence-electron chi connectivity index (χ3n) is 5.55. The fourth-order valence-corrected chi connectivity index (χ4v) is 3.94. The first-order valence-corrected chi connectivity index (χ1v) is 9.63. The van der Waals surface area contributed by atoms with Gasteiger partial charge in [-0.05, 0) is 30.8 Å². The van der Waals surface area contributed by atoms with Crippen LogP contribution in [0.4, 0.5) is 0 Å². The fourth-order valence-electron chi connectivity index (χ4n) is 3.94. The van der Waals surface area contributed by atoms with Gasteiger partial charge in [0.25, 0.3) is 0 Å². The predicted octanol–water partition coefficient (Wildman–Crippen LogP) is 3.48. The summed E-state index contributed by atoms with van der Waals surface area (Å²) in [5.74, 6) is 1.00. The molecular weight excluding hydrogens is 350 g/mol. The molecule has 0 spiro atoms. The maximum Gasteiger partial charge on any atom is 0.117 e. The van der Waals surface area contributed by atoms with E-state index in [1.54, 1.807) is 6.26 Å². The first-order valence-electron chi connectivity index (χ1n) is 9.63. The zero-order chi connectivity index (χ0) is 18.9. The molecule has 0 N–H and O–H groups in total. The van der Waals surface area contributed by atoms with Gasteiger partial charge in [-0.25, -0.2) is 4.52 Å². The molecule has 1 aromatic carbocycles. The third kappa shape index (κ3) is 3.21. The molecule has 28 heavy (non-hydrogen) atoms. The van der Waals surface area contributed by atoms with Crippen LogP contribution in [0.3, 0.4) is 0 Å². The number of piperazine rings is 1. The lowest BCUT2D eigenvalue weighted by atomic mass is 10.1. The molecule has 1 aliphatic rings. The van der Waals surface area contributed by atoms with Crippen molar-refractivity contribution < 1.29 is 4.42 Å². The van der Waals surface area contributed by atoms with Crippen LogP contribution in [0.15, 0.2) is 71.5 Å². The number of aromatic nitrogens is 3. The van der Waals surface area contributed by atoms with E-state index in [-0.39, 0.29) is 6.04 Å². The first-order chi connectivity index (χ1) is 13.8. The first kappa shape index (κ1) is 17.2. The highest BCUT2D eigenvalue weighted by atomic mass is 16.3. The van der Waals surface area contributed by atoms with E-state index in [4.69, 9.17) is 4.42 Å². The van der Waals surface area contributed by atoms with Gasteiger partial charge >= 0.3 is 0 Å². The monoisotopic (exact) mass is 373 g/mol. The van der Waals surface area contributed by atoms with Gasteiger partial charge in [0, 0.05) is 31.4 Å². The lowest BCUT2D eigenvalue weighted by molar-refractivity contribution is 0.0840. The van der Waals surface area contributed by atoms with Crippen molar-refractivity contribution in [3.05, 3.63) is 78.5 Å². The summed E-state index contributed by atoms with van der Waals surface area (Å²) in [6.45, 7) is 3.75. The number of furan rings is 1. The lowest BCUT2D eigenvalue weighted by Crippen LogP contribution is -2.46. The van der Waals surface area contributed by atoms with Crippen LogP contribution in [0.1, 0.15) is 17.5 Å². The van der Waals surface area contributed by atoms with Crippen molar-refractivity contribution in [2.24, 2.45) is 0 Å². The van der Waals surface area contributed by atoms with E-state index in [9.17, 15) is 0 Å². The van der Waals surface area contributed by atoms with E-state index in [2.05, 4.69) is 69.8 Å². The maximum atomic E-state index is 5.53. The number of benzene rings is 1. The molecule has 6 nitrogen and oxygen atoms in total. The van der Waals surface area contributed by atoms with Crippen LogP contribution in [0.5, 0.6) is 0 Å². The molecule has 4 heterocycles. The second kappa shape index (κ2) is 7.22. The SMILES string of the molecule is CN1CCN(Cc2ccco2)C[C@@H]1c1nnn2cc(-c3ccccc3)ccc12. The molecule has 0 unspecified atom stereocenters. The Bertz CT molecular complexity index is 1060. The summed E-state index contributed by atoms with van der Waals surface area (Å²) < 4.78 is 7.43. The topological polar surface area (TPSA) is 49.8 Å². The van der Waals surface area contributed by atoms with Crippen LogP contribution in [0, 0.1) is 0 Å². The second-order valence-corrected chi connectivity index (χ2v) is 7.40. The molecule has 5 rings (SSSR count). The minimum atomic E-state index is 0.212. The normalized spacial score (nSPS) is 18.7. The average Bonchev–Trinajstić information content (AvgIpc) is 3.39. The highest BCUT2D eigenvalue weighted by Gasteiger charge is 2.29. The molecule has 1 aliphatic heterocycles. The molecule has 0 saturated carbocycles. The highest BCUT2D eigenvalue weighted by Crippen LogP contribution is 2.28. The van der Waals surface area contributed by atoms with Gasteiger partial charge in [-0.2, -0.15) is 0 Å². The van der Waals surface area contributed by atoms with Crippen molar-refractivity contribution in [2.45, 2.75) is 12.6 Å². The van der Waals surface area contributed by atoms with E-state index in [0.717, 1.165) is 48.7 Å². The van der Waals surface area contributed by atoms with Crippen LogP contribution in [-0.4, -0.2) is 51.3 Å². The van der Waals surface area contributed by atoms with E-state index >= 15 is 0 Å². The summed E-state index contributed by atoms with van der Waals surface area (Å²) in [7, 11) is 2.17. The number of hydrogen-bond donors (Lipinski definition) is 0. The molecule has 4 aromatic rings. The van der Waals surface area contributed by atoms with E-state index in [1.807, 2.05) is 22.7 Å². The van der Waals surface area contributed by atoms with Gasteiger partial charge < -0.3 is 4.42 Å². The van der Waals surface area contributed by atoms with E-state index < -0.39 is 0 Å². The van der Waals surface area contributed by atoms with Gasteiger partial charge in [0.15, 0.2) is 0 Å². The summed E-state index contributed by atoms with van der Waals surface area (Å²) in [5, 5.41) is 8.98. The Morgan fingerprint density at radius 3 is 2.71 bits per heavy atom. The van der Waals surface area contributed by atoms with Crippen molar-refractivity contribution in [1.82, 2.24) is 24.6 Å². The third-order valence-corrected chi connectivity index (χ3v) is 5.55. The summed E-state index contributed by atoms with van der Waals surface area (Å²) >= 11 is 0. The van der Waals surface area contributed by atoms with Crippen molar-refractivity contribution in [3.8, 4) is 11.1 Å². The molecule has 3 aromatic heterocycles. The summed E-state index contributed by atoms with van der Waals surface area (Å²) in [5.41, 5.74) is 4.42. The molecule has 142 valence electrons. The fraction of sp³-hybridized carbons (Fsp3) is 0.273. The Hall–Kier alpha value is -2.96. The largest absolute Gasteiger partial charge is 0.468 e. The molecule has 1 atom stereocenters. The van der Waals surface area contributed by atoms with Crippen LogP contribution < -0.4 is 0 Å². The molecule has 0 amide bonds. The minimum Gasteiger partial charge on any atom is -0.468 e. The predicted molar refractivity (Wildman–Crippen MR) is 108 cm³/mol. The van der Waals surface area contributed by atoms with Gasteiger partial charge in [-0.15, -0.1) is 5.10 Å². The van der Waals surface area contributed by atoms with Gasteiger partial charge in [0.2, 0.25) is 0 Å². The van der Waals surface area contributed by atoms with Crippen molar-refractivity contribution in [1.29, 1.82) is 0 Å². The van der Waals surface area contributed by atoms with Crippen molar-refractivity contribution in [2.75, 3.05) is 26.7 Å². The van der Waals surface area contributed by atoms with Crippen LogP contribution in [-0.2, 0) is 6.54 Å². The number of pyridine rings is 1. The number of fused-ring (bicyclic) bond motifs is 1. The molecule has 0 aliphatic carbocycles. The Labute approximate surface area is 164 Å². The standard InChI is InChI=1S/C22H23N5O/c1-25-11-12-26(15-19-8-5-13-28-19)16-21(25)22-20-10-9-18(14-27(20)24-23-22)17-6-3-2-4-7-17/h2-10,13-14,21H,11-12,15-16H2,1H3/t21-/m1/s1. The summed E-state index contributed by atoms with van der Waals surface area (Å²) in [4.78, 5) is 4.79. The van der Waals surface area contributed by atoms with Crippen molar-refractivity contribution in [3.63, 3.8) is 0 Å². The van der Waals surface area contributed by atoms with Gasteiger partial charge in [0.1, 0.15) is 11.5 Å². The minimum absolute atomic E-state index is 0.212. The summed E-state index contributed by atoms with van der Waals surface area (Å²) in [6, 6.07) is 18.8. The Kier molecular flexibility index (Phi) is 4.43. The van der Waals surface area contributed by atoms with Crippen LogP contribution in [0.25, 0.3) is 16.6 Å². The molecule has 1 saturated heterocycles. The Morgan fingerprint density at radius 2 is 1.89 bits per heavy atom. The average molecular weight is 373 g/mol. The van der Waals surface area contributed by atoms with Crippen molar-refractivity contribution >= 4 is 5.52 Å². The zero-order valence-corrected chi connectivity index (χ0v) is 15.9. The maximum absolute atomic E-state index is 5.53. The molecule has 1 fully saturated rings. The zero-order valence-electron chi connectivity index (χ0n) is 15.9.